The van der Waals surface area contributed by atoms with Gasteiger partial charge < -0.3 is 10.1 Å². The average Bonchev–Trinajstić information content (AvgIpc) is 2.91. The molecule has 0 spiro atoms. The molecule has 1 aromatic carbocycles. The summed E-state index contributed by atoms with van der Waals surface area (Å²) in [4.78, 5) is 13.3. The maximum Gasteiger partial charge on any atom is 0.237 e. The quantitative estimate of drug-likeness (QED) is 0.829. The Bertz CT molecular complexity index is 598. The lowest BCUT2D eigenvalue weighted by Crippen LogP contribution is -2.22. The Labute approximate surface area is 137 Å². The Morgan fingerprint density at radius 1 is 1.33 bits per heavy atom. The maximum atomic E-state index is 12.1. The van der Waals surface area contributed by atoms with Gasteiger partial charge in [0.25, 0.3) is 0 Å². The highest BCUT2D eigenvalue weighted by atomic mass is 35.5. The number of nitrogens with one attached hydrogen (secondary N) is 1. The Balaban J connectivity index is 1.83. The van der Waals surface area contributed by atoms with Gasteiger partial charge in [-0.1, -0.05) is 11.6 Å². The third-order valence-electron chi connectivity index (χ3n) is 2.83. The number of anilines is 1. The summed E-state index contributed by atoms with van der Waals surface area (Å²) in [5, 5.41) is 2.76. The number of ether oxygens (including phenoxy) is 1. The highest BCUT2D eigenvalue weighted by Crippen LogP contribution is 2.27. The van der Waals surface area contributed by atoms with Crippen LogP contribution >= 0.6 is 34.7 Å². The summed E-state index contributed by atoms with van der Waals surface area (Å²) >= 11 is 9.03. The Morgan fingerprint density at radius 3 is 2.62 bits per heavy atom. The highest BCUT2D eigenvalue weighted by molar-refractivity contribution is 7.99. The molecule has 1 N–H and O–H groups in total. The Hall–Kier alpha value is -1.17. The van der Waals surface area contributed by atoms with E-state index in [2.05, 4.69) is 5.32 Å². The van der Waals surface area contributed by atoms with E-state index in [-0.39, 0.29) is 11.2 Å². The number of carbonyl (C=O) groups is 1. The van der Waals surface area contributed by atoms with Crippen molar-refractivity contribution in [1.82, 2.24) is 0 Å². The van der Waals surface area contributed by atoms with Crippen LogP contribution in [-0.4, -0.2) is 18.3 Å². The van der Waals surface area contributed by atoms with Gasteiger partial charge in [-0.2, -0.15) is 0 Å². The van der Waals surface area contributed by atoms with Gasteiger partial charge in [0.05, 0.1) is 16.7 Å². The maximum absolute atomic E-state index is 12.1. The van der Waals surface area contributed by atoms with E-state index in [0.29, 0.717) is 0 Å². The van der Waals surface area contributed by atoms with Gasteiger partial charge in [-0.25, -0.2) is 0 Å². The molecule has 0 aliphatic rings. The normalized spacial score (nSPS) is 12.0. The number of thioether (sulfide) groups is 1. The standard InChI is InChI=1S/C15H16ClNO2S2/c1-10(20-9-13-7-8-14(16)21-13)15(18)17-11-3-5-12(19-2)6-4-11/h3-8,10H,9H2,1-2H3,(H,17,18). The van der Waals surface area contributed by atoms with Crippen LogP contribution in [0.5, 0.6) is 5.75 Å². The number of hydrogen-bond acceptors (Lipinski definition) is 4. The molecule has 0 saturated carbocycles. The molecule has 0 saturated heterocycles. The van der Waals surface area contributed by atoms with E-state index in [1.807, 2.05) is 43.3 Å². The summed E-state index contributed by atoms with van der Waals surface area (Å²) in [7, 11) is 1.61. The lowest BCUT2D eigenvalue weighted by atomic mass is 10.3. The Kier molecular flexibility index (Phi) is 5.96. The minimum Gasteiger partial charge on any atom is -0.497 e. The smallest absolute Gasteiger partial charge is 0.237 e. The molecular formula is C15H16ClNO2S2. The second kappa shape index (κ2) is 7.73. The van der Waals surface area contributed by atoms with Crippen molar-refractivity contribution in [2.24, 2.45) is 0 Å². The van der Waals surface area contributed by atoms with Gasteiger partial charge in [0.2, 0.25) is 5.91 Å². The predicted octanol–water partition coefficient (Wildman–Crippen LogP) is 4.67. The fourth-order valence-corrected chi connectivity index (χ4v) is 3.67. The molecule has 6 heteroatoms. The van der Waals surface area contributed by atoms with Crippen molar-refractivity contribution >= 4 is 46.3 Å². The van der Waals surface area contributed by atoms with E-state index in [0.717, 1.165) is 21.5 Å². The third kappa shape index (κ3) is 4.95. The molecule has 3 nitrogen and oxygen atoms in total. The molecule has 112 valence electrons. The molecule has 2 aromatic rings. The van der Waals surface area contributed by atoms with Gasteiger partial charge in [-0.3, -0.25) is 4.79 Å². The van der Waals surface area contributed by atoms with Crippen molar-refractivity contribution in [3.05, 3.63) is 45.6 Å². The van der Waals surface area contributed by atoms with Crippen molar-refractivity contribution in [3.63, 3.8) is 0 Å². The average molecular weight is 342 g/mol. The first-order valence-corrected chi connectivity index (χ1v) is 8.63. The lowest BCUT2D eigenvalue weighted by molar-refractivity contribution is -0.115. The van der Waals surface area contributed by atoms with Crippen LogP contribution in [0.15, 0.2) is 36.4 Å². The van der Waals surface area contributed by atoms with Crippen LogP contribution in [0.25, 0.3) is 0 Å². The first-order chi connectivity index (χ1) is 10.1. The molecule has 0 aliphatic heterocycles. The SMILES string of the molecule is COc1ccc(NC(=O)C(C)SCc2ccc(Cl)s2)cc1. The number of halogens is 1. The van der Waals surface area contributed by atoms with Crippen molar-refractivity contribution in [2.45, 2.75) is 17.9 Å². The molecule has 0 bridgehead atoms. The minimum absolute atomic E-state index is 0.00665. The Morgan fingerprint density at radius 2 is 2.05 bits per heavy atom. The largest absolute Gasteiger partial charge is 0.497 e. The van der Waals surface area contributed by atoms with Gasteiger partial charge in [0.15, 0.2) is 0 Å². The van der Waals surface area contributed by atoms with Crippen molar-refractivity contribution < 1.29 is 9.53 Å². The number of methoxy groups -OCH3 is 1. The number of rotatable bonds is 6. The van der Waals surface area contributed by atoms with Crippen molar-refractivity contribution in [2.75, 3.05) is 12.4 Å². The molecule has 0 radical (unpaired) electrons. The summed E-state index contributed by atoms with van der Waals surface area (Å²) in [6, 6.07) is 11.2. The summed E-state index contributed by atoms with van der Waals surface area (Å²) in [5.74, 6) is 1.55. The van der Waals surface area contributed by atoms with Gasteiger partial charge in [0, 0.05) is 16.3 Å². The van der Waals surface area contributed by atoms with E-state index < -0.39 is 0 Å². The van der Waals surface area contributed by atoms with Crippen LogP contribution in [0.1, 0.15) is 11.8 Å². The van der Waals surface area contributed by atoms with Crippen LogP contribution in [0.2, 0.25) is 4.34 Å². The predicted molar refractivity (Wildman–Crippen MR) is 91.7 cm³/mol. The first kappa shape index (κ1) is 16.2. The second-order valence-corrected chi connectivity index (χ2v) is 7.51. The fourth-order valence-electron chi connectivity index (χ4n) is 1.63. The van der Waals surface area contributed by atoms with E-state index >= 15 is 0 Å². The summed E-state index contributed by atoms with van der Waals surface area (Å²) in [5.41, 5.74) is 0.771. The number of benzene rings is 1. The molecule has 21 heavy (non-hydrogen) atoms. The summed E-state index contributed by atoms with van der Waals surface area (Å²) in [6.45, 7) is 1.90. The zero-order valence-corrected chi connectivity index (χ0v) is 14.1. The lowest BCUT2D eigenvalue weighted by Gasteiger charge is -2.11. The molecule has 0 fully saturated rings. The van der Waals surface area contributed by atoms with Gasteiger partial charge in [-0.05, 0) is 43.3 Å². The van der Waals surface area contributed by atoms with Gasteiger partial charge >= 0.3 is 0 Å². The minimum atomic E-state index is -0.132. The third-order valence-corrected chi connectivity index (χ3v) is 5.44. The van der Waals surface area contributed by atoms with Crippen LogP contribution in [0.3, 0.4) is 0 Å². The number of thiophene rings is 1. The monoisotopic (exact) mass is 341 g/mol. The number of hydrogen-bond donors (Lipinski definition) is 1. The molecule has 1 amide bonds. The van der Waals surface area contributed by atoms with Crippen molar-refractivity contribution in [1.29, 1.82) is 0 Å². The number of amides is 1. The van der Waals surface area contributed by atoms with Crippen LogP contribution in [-0.2, 0) is 10.5 Å². The molecule has 1 aromatic heterocycles. The summed E-state index contributed by atoms with van der Waals surface area (Å²) in [6.07, 6.45) is 0. The topological polar surface area (TPSA) is 38.3 Å². The molecule has 2 rings (SSSR count). The zero-order valence-electron chi connectivity index (χ0n) is 11.8. The van der Waals surface area contributed by atoms with Crippen molar-refractivity contribution in [3.8, 4) is 5.75 Å². The highest BCUT2D eigenvalue weighted by Gasteiger charge is 2.14. The van der Waals surface area contributed by atoms with E-state index in [1.165, 1.54) is 4.88 Å². The second-order valence-electron chi connectivity index (χ2n) is 4.38. The first-order valence-electron chi connectivity index (χ1n) is 6.39. The van der Waals surface area contributed by atoms with Gasteiger partial charge in [0.1, 0.15) is 5.75 Å². The zero-order chi connectivity index (χ0) is 15.2. The van der Waals surface area contributed by atoms with Crippen LogP contribution in [0, 0.1) is 0 Å². The molecule has 0 aliphatic carbocycles. The number of carbonyl (C=O) groups excluding carboxylic acids is 1. The van der Waals surface area contributed by atoms with E-state index in [1.54, 1.807) is 30.2 Å². The molecule has 1 atom stereocenters. The van der Waals surface area contributed by atoms with Gasteiger partial charge in [-0.15, -0.1) is 23.1 Å². The van der Waals surface area contributed by atoms with E-state index in [4.69, 9.17) is 16.3 Å². The van der Waals surface area contributed by atoms with Crippen LogP contribution in [0.4, 0.5) is 5.69 Å². The van der Waals surface area contributed by atoms with Crippen LogP contribution < -0.4 is 10.1 Å². The molecule has 1 heterocycles. The summed E-state index contributed by atoms with van der Waals surface area (Å²) < 4.78 is 5.86. The fraction of sp³-hybridized carbons (Fsp3) is 0.267. The van der Waals surface area contributed by atoms with E-state index in [9.17, 15) is 4.79 Å². The molecular weight excluding hydrogens is 326 g/mol. The molecule has 1 unspecified atom stereocenters.